The summed E-state index contributed by atoms with van der Waals surface area (Å²) in [5.74, 6) is 0.742. The number of aromatic nitrogens is 1. The zero-order chi connectivity index (χ0) is 13.2. The minimum Gasteiger partial charge on any atom is -0.347 e. The van der Waals surface area contributed by atoms with Crippen molar-refractivity contribution < 1.29 is 0 Å². The van der Waals surface area contributed by atoms with Crippen molar-refractivity contribution in [1.29, 1.82) is 0 Å². The molecule has 0 aliphatic heterocycles. The Labute approximate surface area is 115 Å². The van der Waals surface area contributed by atoms with Gasteiger partial charge in [0.05, 0.1) is 0 Å². The van der Waals surface area contributed by atoms with Crippen molar-refractivity contribution >= 4 is 10.9 Å². The molecule has 0 radical (unpaired) electrons. The summed E-state index contributed by atoms with van der Waals surface area (Å²) in [5.41, 5.74) is 2.77. The van der Waals surface area contributed by atoms with E-state index >= 15 is 0 Å². The van der Waals surface area contributed by atoms with Gasteiger partial charge in [0.1, 0.15) is 0 Å². The van der Waals surface area contributed by atoms with E-state index in [9.17, 15) is 0 Å². The molecule has 0 saturated heterocycles. The van der Waals surface area contributed by atoms with E-state index in [1.165, 1.54) is 35.7 Å². The first-order valence-electron chi connectivity index (χ1n) is 7.57. The van der Waals surface area contributed by atoms with Crippen LogP contribution in [0.15, 0.2) is 30.5 Å². The number of benzene rings is 1. The normalized spacial score (nSPS) is 16.9. The largest absolute Gasteiger partial charge is 0.347 e. The van der Waals surface area contributed by atoms with Crippen molar-refractivity contribution in [2.75, 3.05) is 0 Å². The average molecular weight is 256 g/mol. The van der Waals surface area contributed by atoms with Gasteiger partial charge in [-0.2, -0.15) is 0 Å². The van der Waals surface area contributed by atoms with Crippen LogP contribution >= 0.6 is 0 Å². The Morgan fingerprint density at radius 3 is 2.89 bits per heavy atom. The van der Waals surface area contributed by atoms with E-state index in [0.717, 1.165) is 25.0 Å². The Hall–Kier alpha value is -1.28. The smallest absolute Gasteiger partial charge is 0.0480 e. The minimum atomic E-state index is 0.742. The molecule has 2 aromatic rings. The van der Waals surface area contributed by atoms with Crippen LogP contribution in [0.4, 0.5) is 0 Å². The van der Waals surface area contributed by atoms with Gasteiger partial charge >= 0.3 is 0 Å². The minimum absolute atomic E-state index is 0.742. The van der Waals surface area contributed by atoms with Crippen LogP contribution in [0.3, 0.4) is 0 Å². The molecule has 1 fully saturated rings. The molecule has 0 spiro atoms. The van der Waals surface area contributed by atoms with Crippen molar-refractivity contribution in [2.45, 2.75) is 52.2 Å². The molecule has 3 rings (SSSR count). The molecule has 102 valence electrons. The molecule has 1 heterocycles. The third kappa shape index (κ3) is 3.01. The maximum atomic E-state index is 3.58. The monoisotopic (exact) mass is 256 g/mol. The van der Waals surface area contributed by atoms with Crippen LogP contribution in [-0.2, 0) is 13.1 Å². The first-order chi connectivity index (χ1) is 9.26. The highest BCUT2D eigenvalue weighted by molar-refractivity contribution is 5.80. The lowest BCUT2D eigenvalue weighted by atomic mass is 10.1. The lowest BCUT2D eigenvalue weighted by molar-refractivity contribution is 0.477. The van der Waals surface area contributed by atoms with E-state index in [2.05, 4.69) is 54.2 Å². The Kier molecular flexibility index (Phi) is 3.61. The van der Waals surface area contributed by atoms with Gasteiger partial charge in [-0.05, 0) is 47.9 Å². The van der Waals surface area contributed by atoms with E-state index in [1.807, 2.05) is 0 Å². The number of hydrogen-bond donors (Lipinski definition) is 1. The SMILES string of the molecule is CCC(C)Cn1ccc2cc(CNC3CC3)ccc21. The topological polar surface area (TPSA) is 17.0 Å². The average Bonchev–Trinajstić information content (AvgIpc) is 3.18. The summed E-state index contributed by atoms with van der Waals surface area (Å²) in [4.78, 5) is 0. The van der Waals surface area contributed by atoms with Crippen LogP contribution in [0.5, 0.6) is 0 Å². The molecule has 2 nitrogen and oxygen atoms in total. The molecule has 0 amide bonds. The Balaban J connectivity index is 1.76. The number of hydrogen-bond acceptors (Lipinski definition) is 1. The van der Waals surface area contributed by atoms with E-state index in [1.54, 1.807) is 0 Å². The maximum Gasteiger partial charge on any atom is 0.0480 e. The maximum absolute atomic E-state index is 3.58. The fraction of sp³-hybridized carbons (Fsp3) is 0.529. The molecule has 19 heavy (non-hydrogen) atoms. The fourth-order valence-corrected chi connectivity index (χ4v) is 2.53. The third-order valence-corrected chi connectivity index (χ3v) is 4.21. The van der Waals surface area contributed by atoms with Gasteiger partial charge in [-0.1, -0.05) is 26.3 Å². The van der Waals surface area contributed by atoms with Gasteiger partial charge in [-0.15, -0.1) is 0 Å². The molecule has 1 atom stereocenters. The highest BCUT2D eigenvalue weighted by atomic mass is 15.0. The number of fused-ring (bicyclic) bond motifs is 1. The summed E-state index contributed by atoms with van der Waals surface area (Å²) in [7, 11) is 0. The summed E-state index contributed by atoms with van der Waals surface area (Å²) < 4.78 is 2.39. The molecule has 1 aliphatic rings. The summed E-state index contributed by atoms with van der Waals surface area (Å²) in [6.07, 6.45) is 6.18. The molecule has 0 bridgehead atoms. The number of nitrogens with one attached hydrogen (secondary N) is 1. The number of rotatable bonds is 6. The van der Waals surface area contributed by atoms with Crippen LogP contribution in [-0.4, -0.2) is 10.6 Å². The van der Waals surface area contributed by atoms with Gasteiger partial charge in [0.15, 0.2) is 0 Å². The van der Waals surface area contributed by atoms with Gasteiger partial charge in [0, 0.05) is 30.8 Å². The standard InChI is InChI=1S/C17H24N2/c1-3-13(2)12-19-9-8-15-10-14(4-7-17(15)19)11-18-16-5-6-16/h4,7-10,13,16,18H,3,5-6,11-12H2,1-2H3. The first-order valence-corrected chi connectivity index (χ1v) is 7.57. The van der Waals surface area contributed by atoms with E-state index in [0.29, 0.717) is 0 Å². The van der Waals surface area contributed by atoms with Crippen LogP contribution in [0.1, 0.15) is 38.7 Å². The molecule has 1 aliphatic carbocycles. The van der Waals surface area contributed by atoms with Crippen LogP contribution in [0.2, 0.25) is 0 Å². The summed E-state index contributed by atoms with van der Waals surface area (Å²) >= 11 is 0. The summed E-state index contributed by atoms with van der Waals surface area (Å²) in [5, 5.41) is 4.95. The van der Waals surface area contributed by atoms with Crippen molar-refractivity contribution in [3.05, 3.63) is 36.0 Å². The van der Waals surface area contributed by atoms with Gasteiger partial charge in [0.2, 0.25) is 0 Å². The van der Waals surface area contributed by atoms with E-state index in [-0.39, 0.29) is 0 Å². The molecular weight excluding hydrogens is 232 g/mol. The second kappa shape index (κ2) is 5.38. The van der Waals surface area contributed by atoms with E-state index < -0.39 is 0 Å². The molecular formula is C17H24N2. The second-order valence-electron chi connectivity index (χ2n) is 6.03. The second-order valence-corrected chi connectivity index (χ2v) is 6.03. The third-order valence-electron chi connectivity index (χ3n) is 4.21. The molecule has 2 heteroatoms. The predicted octanol–water partition coefficient (Wildman–Crippen LogP) is 3.94. The van der Waals surface area contributed by atoms with Crippen molar-refractivity contribution in [1.82, 2.24) is 9.88 Å². The number of nitrogens with zero attached hydrogens (tertiary/aromatic N) is 1. The van der Waals surface area contributed by atoms with Crippen LogP contribution < -0.4 is 5.32 Å². The van der Waals surface area contributed by atoms with Crippen LogP contribution in [0, 0.1) is 5.92 Å². The van der Waals surface area contributed by atoms with Crippen LogP contribution in [0.25, 0.3) is 10.9 Å². The summed E-state index contributed by atoms with van der Waals surface area (Å²) in [6.45, 7) is 6.72. The zero-order valence-electron chi connectivity index (χ0n) is 12.0. The summed E-state index contributed by atoms with van der Waals surface area (Å²) in [6, 6.07) is 9.91. The van der Waals surface area contributed by atoms with Crippen molar-refractivity contribution in [3.8, 4) is 0 Å². The zero-order valence-corrected chi connectivity index (χ0v) is 12.0. The van der Waals surface area contributed by atoms with Crippen molar-refractivity contribution in [3.63, 3.8) is 0 Å². The Morgan fingerprint density at radius 2 is 2.16 bits per heavy atom. The lowest BCUT2D eigenvalue weighted by Gasteiger charge is -2.11. The van der Waals surface area contributed by atoms with Gasteiger partial charge in [-0.25, -0.2) is 0 Å². The Bertz CT molecular complexity index is 551. The van der Waals surface area contributed by atoms with Gasteiger partial charge in [0.25, 0.3) is 0 Å². The quantitative estimate of drug-likeness (QED) is 0.828. The highest BCUT2D eigenvalue weighted by Crippen LogP contribution is 2.22. The molecule has 1 aromatic heterocycles. The molecule has 1 aromatic carbocycles. The molecule has 1 N–H and O–H groups in total. The van der Waals surface area contributed by atoms with E-state index in [4.69, 9.17) is 0 Å². The molecule has 1 unspecified atom stereocenters. The first kappa shape index (κ1) is 12.7. The fourth-order valence-electron chi connectivity index (χ4n) is 2.53. The Morgan fingerprint density at radius 1 is 1.32 bits per heavy atom. The predicted molar refractivity (Wildman–Crippen MR) is 81.3 cm³/mol. The highest BCUT2D eigenvalue weighted by Gasteiger charge is 2.19. The van der Waals surface area contributed by atoms with Crippen molar-refractivity contribution in [2.24, 2.45) is 5.92 Å². The van der Waals surface area contributed by atoms with Gasteiger partial charge < -0.3 is 9.88 Å². The lowest BCUT2D eigenvalue weighted by Crippen LogP contribution is -2.15. The molecule has 1 saturated carbocycles. The van der Waals surface area contributed by atoms with Gasteiger partial charge in [-0.3, -0.25) is 0 Å².